The van der Waals surface area contributed by atoms with Crippen molar-refractivity contribution >= 4 is 35.4 Å². The number of benzene rings is 1. The van der Waals surface area contributed by atoms with Crippen LogP contribution in [0.5, 0.6) is 0 Å². The van der Waals surface area contributed by atoms with E-state index in [0.717, 1.165) is 43.8 Å². The molecular formula is C34H51N5O10. The molecule has 1 aromatic carbocycles. The summed E-state index contributed by atoms with van der Waals surface area (Å²) >= 11 is 0. The monoisotopic (exact) mass is 689 g/mol. The van der Waals surface area contributed by atoms with Crippen molar-refractivity contribution in [2.24, 2.45) is 0 Å². The number of fused-ring (bicyclic) bond motifs is 1. The summed E-state index contributed by atoms with van der Waals surface area (Å²) < 4.78 is 27.9. The van der Waals surface area contributed by atoms with Gasteiger partial charge in [-0.25, -0.2) is 4.79 Å². The highest BCUT2D eigenvalue weighted by molar-refractivity contribution is 6.25. The number of amides is 5. The van der Waals surface area contributed by atoms with Crippen molar-refractivity contribution in [3.63, 3.8) is 0 Å². The zero-order valence-electron chi connectivity index (χ0n) is 28.9. The zero-order valence-corrected chi connectivity index (χ0v) is 28.9. The summed E-state index contributed by atoms with van der Waals surface area (Å²) in [5, 5.41) is 8.30. The van der Waals surface area contributed by atoms with Gasteiger partial charge in [-0.3, -0.25) is 29.4 Å². The van der Waals surface area contributed by atoms with Gasteiger partial charge >= 0.3 is 6.09 Å². The van der Waals surface area contributed by atoms with Gasteiger partial charge in [-0.2, -0.15) is 0 Å². The Kier molecular flexibility index (Phi) is 14.8. The van der Waals surface area contributed by atoms with Gasteiger partial charge in [0.15, 0.2) is 0 Å². The molecule has 0 aromatic heterocycles. The SMILES string of the molecule is CC(C)(C)OC(=O)NC1CCN(CCOCCCOCCOCCOCCNc2cccc3c2C(=O)N(C2CCC(=O)NC2=O)C3=O)CC1. The second kappa shape index (κ2) is 18.9. The highest BCUT2D eigenvalue weighted by Gasteiger charge is 2.45. The normalized spacial score (nSPS) is 18.8. The molecule has 3 heterocycles. The summed E-state index contributed by atoms with van der Waals surface area (Å²) in [4.78, 5) is 65.1. The molecule has 3 N–H and O–H groups in total. The second-order valence-electron chi connectivity index (χ2n) is 13.2. The lowest BCUT2D eigenvalue weighted by Gasteiger charge is -2.32. The van der Waals surface area contributed by atoms with E-state index >= 15 is 0 Å². The lowest BCUT2D eigenvalue weighted by molar-refractivity contribution is -0.136. The van der Waals surface area contributed by atoms with Crippen LogP contribution in [-0.2, 0) is 33.3 Å². The molecule has 5 amide bonds. The fourth-order valence-corrected chi connectivity index (χ4v) is 5.80. The molecule has 0 bridgehead atoms. The number of nitrogens with zero attached hydrogens (tertiary/aromatic N) is 2. The predicted octanol–water partition coefficient (Wildman–Crippen LogP) is 1.95. The number of piperidine rings is 2. The van der Waals surface area contributed by atoms with Gasteiger partial charge in [0.25, 0.3) is 11.8 Å². The number of ether oxygens (including phenoxy) is 5. The van der Waals surface area contributed by atoms with Gasteiger partial charge in [-0.05, 0) is 58.6 Å². The van der Waals surface area contributed by atoms with Crippen molar-refractivity contribution in [3.05, 3.63) is 29.3 Å². The average molecular weight is 690 g/mol. The minimum Gasteiger partial charge on any atom is -0.444 e. The van der Waals surface area contributed by atoms with E-state index in [1.165, 1.54) is 0 Å². The molecule has 0 spiro atoms. The fourth-order valence-electron chi connectivity index (χ4n) is 5.80. The van der Waals surface area contributed by atoms with E-state index in [1.54, 1.807) is 18.2 Å². The first kappa shape index (κ1) is 38.2. The van der Waals surface area contributed by atoms with E-state index in [2.05, 4.69) is 20.9 Å². The lowest BCUT2D eigenvalue weighted by atomic mass is 10.0. The van der Waals surface area contributed by atoms with Crippen molar-refractivity contribution < 1.29 is 47.7 Å². The molecule has 1 aromatic rings. The zero-order chi connectivity index (χ0) is 35.2. The Hall–Kier alpha value is -3.63. The molecule has 15 heteroatoms. The maximum Gasteiger partial charge on any atom is 0.407 e. The van der Waals surface area contributed by atoms with Crippen LogP contribution >= 0.6 is 0 Å². The van der Waals surface area contributed by atoms with Crippen LogP contribution in [0.1, 0.15) is 73.6 Å². The van der Waals surface area contributed by atoms with Crippen LogP contribution in [0.3, 0.4) is 0 Å². The summed E-state index contributed by atoms with van der Waals surface area (Å²) in [6.45, 7) is 12.7. The van der Waals surface area contributed by atoms with Crippen LogP contribution in [0.25, 0.3) is 0 Å². The van der Waals surface area contributed by atoms with E-state index < -0.39 is 35.3 Å². The number of hydrogen-bond acceptors (Lipinski definition) is 12. The van der Waals surface area contributed by atoms with E-state index in [1.807, 2.05) is 20.8 Å². The summed E-state index contributed by atoms with van der Waals surface area (Å²) in [6, 6.07) is 4.08. The first-order chi connectivity index (χ1) is 23.5. The third kappa shape index (κ3) is 12.0. The quantitative estimate of drug-likeness (QED) is 0.143. The standard InChI is InChI=1S/C34H51N5O10/c1-34(2,3)49-33(44)36-24-10-13-38(14-11-24)15-19-45-16-5-17-46-20-22-48-23-21-47-18-12-35-26-7-4-6-25-29(26)32(43)39(31(25)42)27-8-9-28(40)37-30(27)41/h4,6-7,24,27,35H,5,8-23H2,1-3H3,(H,36,44)(H,37,40,41). The topological polar surface area (TPSA) is 174 Å². The number of hydrogen-bond donors (Lipinski definition) is 3. The van der Waals surface area contributed by atoms with Crippen LogP contribution in [0.15, 0.2) is 18.2 Å². The molecule has 2 saturated heterocycles. The molecule has 15 nitrogen and oxygen atoms in total. The molecule has 0 aliphatic carbocycles. The molecule has 49 heavy (non-hydrogen) atoms. The number of carbonyl (C=O) groups is 5. The minimum absolute atomic E-state index is 0.0701. The van der Waals surface area contributed by atoms with Crippen molar-refractivity contribution in [3.8, 4) is 0 Å². The number of nitrogens with one attached hydrogen (secondary N) is 3. The number of anilines is 1. The highest BCUT2D eigenvalue weighted by Crippen LogP contribution is 2.32. The van der Waals surface area contributed by atoms with Crippen LogP contribution in [-0.4, -0.2) is 136 Å². The molecule has 0 saturated carbocycles. The number of carbonyl (C=O) groups excluding carboxylic acids is 5. The summed E-state index contributed by atoms with van der Waals surface area (Å²) in [7, 11) is 0. The maximum atomic E-state index is 13.1. The third-order valence-corrected chi connectivity index (χ3v) is 8.21. The smallest absolute Gasteiger partial charge is 0.407 e. The summed E-state index contributed by atoms with van der Waals surface area (Å²) in [5.41, 5.74) is 0.438. The molecule has 1 atom stereocenters. The molecule has 0 radical (unpaired) electrons. The van der Waals surface area contributed by atoms with Crippen molar-refractivity contribution in [2.45, 2.75) is 70.6 Å². The van der Waals surface area contributed by atoms with E-state index in [-0.39, 0.29) is 36.1 Å². The van der Waals surface area contributed by atoms with Crippen LogP contribution in [0, 0.1) is 0 Å². The van der Waals surface area contributed by atoms with E-state index in [9.17, 15) is 24.0 Å². The second-order valence-corrected chi connectivity index (χ2v) is 13.2. The minimum atomic E-state index is -1.00. The number of alkyl carbamates (subject to hydrolysis) is 1. The van der Waals surface area contributed by atoms with E-state index in [0.29, 0.717) is 65.1 Å². The Labute approximate surface area is 287 Å². The molecule has 1 unspecified atom stereocenters. The number of imide groups is 2. The highest BCUT2D eigenvalue weighted by atomic mass is 16.6. The Morgan fingerprint density at radius 1 is 0.857 bits per heavy atom. The van der Waals surface area contributed by atoms with Crippen LogP contribution in [0.2, 0.25) is 0 Å². The number of likely N-dealkylation sites (tertiary alicyclic amines) is 1. The van der Waals surface area contributed by atoms with Gasteiger partial charge < -0.3 is 39.2 Å². The molecule has 4 rings (SSSR count). The number of rotatable bonds is 19. The van der Waals surface area contributed by atoms with Gasteiger partial charge in [0.1, 0.15) is 11.6 Å². The molecule has 3 aliphatic rings. The molecule has 272 valence electrons. The first-order valence-electron chi connectivity index (χ1n) is 17.1. The average Bonchev–Trinajstić information content (AvgIpc) is 3.30. The van der Waals surface area contributed by atoms with Gasteiger partial charge in [-0.1, -0.05) is 6.07 Å². The van der Waals surface area contributed by atoms with Crippen LogP contribution < -0.4 is 16.0 Å². The molecular weight excluding hydrogens is 638 g/mol. The third-order valence-electron chi connectivity index (χ3n) is 8.21. The maximum absolute atomic E-state index is 13.1. The Balaban J connectivity index is 0.950. The lowest BCUT2D eigenvalue weighted by Crippen LogP contribution is -2.54. The van der Waals surface area contributed by atoms with Crippen molar-refractivity contribution in [2.75, 3.05) is 84.4 Å². The van der Waals surface area contributed by atoms with E-state index in [4.69, 9.17) is 23.7 Å². The van der Waals surface area contributed by atoms with Gasteiger partial charge in [0.05, 0.1) is 50.8 Å². The van der Waals surface area contributed by atoms with Gasteiger partial charge in [0.2, 0.25) is 11.8 Å². The Morgan fingerprint density at radius 2 is 1.51 bits per heavy atom. The molecule has 3 aliphatic heterocycles. The first-order valence-corrected chi connectivity index (χ1v) is 17.1. The van der Waals surface area contributed by atoms with Crippen molar-refractivity contribution in [1.82, 2.24) is 20.4 Å². The van der Waals surface area contributed by atoms with Crippen molar-refractivity contribution in [1.29, 1.82) is 0 Å². The summed E-state index contributed by atoms with van der Waals surface area (Å²) in [5.74, 6) is -2.15. The fraction of sp³-hybridized carbons (Fsp3) is 0.676. The Bertz CT molecular complexity index is 1290. The Morgan fingerprint density at radius 3 is 2.18 bits per heavy atom. The molecule has 2 fully saturated rings. The largest absolute Gasteiger partial charge is 0.444 e. The summed E-state index contributed by atoms with van der Waals surface area (Å²) in [6.07, 6.45) is 2.43. The predicted molar refractivity (Wildman–Crippen MR) is 178 cm³/mol. The van der Waals surface area contributed by atoms with Gasteiger partial charge in [0, 0.05) is 57.5 Å². The van der Waals surface area contributed by atoms with Crippen LogP contribution in [0.4, 0.5) is 10.5 Å². The van der Waals surface area contributed by atoms with Gasteiger partial charge in [-0.15, -0.1) is 0 Å².